The van der Waals surface area contributed by atoms with Gasteiger partial charge in [-0.05, 0) is 18.9 Å². The molecule has 8 heteroatoms. The number of nitrogens with one attached hydrogen (secondary N) is 2. The van der Waals surface area contributed by atoms with Crippen molar-refractivity contribution in [2.75, 3.05) is 13.7 Å². The van der Waals surface area contributed by atoms with Crippen LogP contribution in [0, 0.1) is 0 Å². The van der Waals surface area contributed by atoms with Gasteiger partial charge < -0.3 is 15.4 Å². The van der Waals surface area contributed by atoms with Gasteiger partial charge in [0.2, 0.25) is 5.88 Å². The van der Waals surface area contributed by atoms with Crippen LogP contribution in [0.1, 0.15) is 18.4 Å². The van der Waals surface area contributed by atoms with Gasteiger partial charge in [-0.1, -0.05) is 18.2 Å². The van der Waals surface area contributed by atoms with E-state index in [4.69, 9.17) is 4.74 Å². The summed E-state index contributed by atoms with van der Waals surface area (Å²) in [5, 5.41) is 6.31. The summed E-state index contributed by atoms with van der Waals surface area (Å²) in [7, 11) is 1.64. The summed E-state index contributed by atoms with van der Waals surface area (Å²) in [5.74, 6) is 0.555. The third-order valence-corrected chi connectivity index (χ3v) is 3.24. The first kappa shape index (κ1) is 17.1. The molecular weight excluding hydrogens is 309 g/mol. The fraction of sp³-hybridized carbons (Fsp3) is 0.467. The van der Waals surface area contributed by atoms with E-state index in [2.05, 4.69) is 32.8 Å². The SMILES string of the molecule is CN=C(NCc1cccnc1OCC(F)(F)F)NC1CC=CC1. The predicted molar refractivity (Wildman–Crippen MR) is 81.3 cm³/mol. The lowest BCUT2D eigenvalue weighted by Crippen LogP contribution is -2.42. The molecule has 1 aromatic heterocycles. The molecule has 0 unspecified atom stereocenters. The Hall–Kier alpha value is -2.25. The first-order chi connectivity index (χ1) is 11.0. The Morgan fingerprint density at radius 2 is 2.13 bits per heavy atom. The van der Waals surface area contributed by atoms with E-state index in [9.17, 15) is 13.2 Å². The molecule has 1 heterocycles. The van der Waals surface area contributed by atoms with Crippen LogP contribution in [0.25, 0.3) is 0 Å². The van der Waals surface area contributed by atoms with Gasteiger partial charge in [0.1, 0.15) is 0 Å². The number of hydrogen-bond donors (Lipinski definition) is 2. The molecular formula is C15H19F3N4O. The molecule has 0 saturated carbocycles. The largest absolute Gasteiger partial charge is 0.468 e. The Labute approximate surface area is 132 Å². The minimum absolute atomic E-state index is 0.0321. The van der Waals surface area contributed by atoms with E-state index in [1.54, 1.807) is 19.2 Å². The summed E-state index contributed by atoms with van der Waals surface area (Å²) < 4.78 is 41.6. The summed E-state index contributed by atoms with van der Waals surface area (Å²) in [5.41, 5.74) is 0.532. The number of nitrogens with zero attached hydrogens (tertiary/aromatic N) is 2. The fourth-order valence-electron chi connectivity index (χ4n) is 2.14. The van der Waals surface area contributed by atoms with Gasteiger partial charge in [0.15, 0.2) is 12.6 Å². The normalized spacial score (nSPS) is 15.7. The standard InChI is InChI=1S/C15H19F3N4O/c1-19-14(22-12-6-2-3-7-12)21-9-11-5-4-8-20-13(11)23-10-15(16,17)18/h2-5,8,12H,6-7,9-10H2,1H3,(H2,19,21,22). The number of guanidine groups is 1. The Balaban J connectivity index is 1.91. The van der Waals surface area contributed by atoms with E-state index in [0.717, 1.165) is 12.8 Å². The van der Waals surface area contributed by atoms with Crippen LogP contribution in [0.2, 0.25) is 0 Å². The second-order valence-corrected chi connectivity index (χ2v) is 5.08. The number of pyridine rings is 1. The highest BCUT2D eigenvalue weighted by Gasteiger charge is 2.29. The van der Waals surface area contributed by atoms with Gasteiger partial charge >= 0.3 is 6.18 Å². The molecule has 0 aromatic carbocycles. The quantitative estimate of drug-likeness (QED) is 0.495. The van der Waals surface area contributed by atoms with Crippen molar-refractivity contribution in [2.45, 2.75) is 31.6 Å². The van der Waals surface area contributed by atoms with Crippen molar-refractivity contribution in [3.8, 4) is 5.88 Å². The van der Waals surface area contributed by atoms with Gasteiger partial charge in [-0.3, -0.25) is 4.99 Å². The molecule has 0 saturated heterocycles. The number of hydrogen-bond acceptors (Lipinski definition) is 3. The van der Waals surface area contributed by atoms with E-state index in [1.165, 1.54) is 6.20 Å². The second-order valence-electron chi connectivity index (χ2n) is 5.08. The summed E-state index contributed by atoms with van der Waals surface area (Å²) in [6.45, 7) is -1.10. The molecule has 0 amide bonds. The Bertz CT molecular complexity index is 564. The zero-order valence-corrected chi connectivity index (χ0v) is 12.7. The number of aromatic nitrogens is 1. The topological polar surface area (TPSA) is 58.5 Å². The molecule has 1 aliphatic rings. The van der Waals surface area contributed by atoms with Gasteiger partial charge in [0, 0.05) is 31.4 Å². The molecule has 0 aliphatic heterocycles. The molecule has 0 atom stereocenters. The van der Waals surface area contributed by atoms with Gasteiger partial charge in [0.05, 0.1) is 0 Å². The molecule has 126 valence electrons. The molecule has 5 nitrogen and oxygen atoms in total. The van der Waals surface area contributed by atoms with Crippen molar-refractivity contribution in [2.24, 2.45) is 4.99 Å². The zero-order chi connectivity index (χ0) is 16.7. The van der Waals surface area contributed by atoms with E-state index >= 15 is 0 Å². The van der Waals surface area contributed by atoms with Gasteiger partial charge in [-0.25, -0.2) is 4.98 Å². The van der Waals surface area contributed by atoms with Crippen molar-refractivity contribution in [3.05, 3.63) is 36.0 Å². The summed E-state index contributed by atoms with van der Waals surface area (Å²) in [6, 6.07) is 3.60. The third-order valence-electron chi connectivity index (χ3n) is 3.24. The molecule has 0 radical (unpaired) electrons. The molecule has 0 spiro atoms. The highest BCUT2D eigenvalue weighted by molar-refractivity contribution is 5.80. The summed E-state index contributed by atoms with van der Waals surface area (Å²) >= 11 is 0. The third kappa shape index (κ3) is 5.80. The van der Waals surface area contributed by atoms with Gasteiger partial charge in [0.25, 0.3) is 0 Å². The molecule has 1 aromatic rings. The Kier molecular flexibility index (Phi) is 5.84. The molecule has 2 N–H and O–H groups in total. The average Bonchev–Trinajstić information content (AvgIpc) is 3.02. The van der Waals surface area contributed by atoms with Crippen molar-refractivity contribution in [1.82, 2.24) is 15.6 Å². The first-order valence-electron chi connectivity index (χ1n) is 7.23. The van der Waals surface area contributed by atoms with Crippen LogP contribution in [0.3, 0.4) is 0 Å². The lowest BCUT2D eigenvalue weighted by molar-refractivity contribution is -0.154. The minimum Gasteiger partial charge on any atom is -0.468 e. The number of ether oxygens (including phenoxy) is 1. The highest BCUT2D eigenvalue weighted by Crippen LogP contribution is 2.19. The van der Waals surface area contributed by atoms with Gasteiger partial charge in [-0.15, -0.1) is 0 Å². The van der Waals surface area contributed by atoms with Crippen molar-refractivity contribution in [1.29, 1.82) is 0 Å². The van der Waals surface area contributed by atoms with Crippen LogP contribution in [-0.2, 0) is 6.54 Å². The Morgan fingerprint density at radius 3 is 2.78 bits per heavy atom. The maximum atomic E-state index is 12.3. The number of rotatable bonds is 5. The smallest absolute Gasteiger partial charge is 0.422 e. The fourth-order valence-corrected chi connectivity index (χ4v) is 2.14. The lowest BCUT2D eigenvalue weighted by atomic mass is 10.2. The maximum absolute atomic E-state index is 12.3. The lowest BCUT2D eigenvalue weighted by Gasteiger charge is -2.18. The molecule has 2 rings (SSSR count). The predicted octanol–water partition coefficient (Wildman–Crippen LogP) is 2.41. The van der Waals surface area contributed by atoms with Crippen LogP contribution in [0.5, 0.6) is 5.88 Å². The van der Waals surface area contributed by atoms with Gasteiger partial charge in [-0.2, -0.15) is 13.2 Å². The van der Waals surface area contributed by atoms with Crippen LogP contribution < -0.4 is 15.4 Å². The Morgan fingerprint density at radius 1 is 1.39 bits per heavy atom. The monoisotopic (exact) mass is 328 g/mol. The van der Waals surface area contributed by atoms with Crippen LogP contribution in [0.4, 0.5) is 13.2 Å². The van der Waals surface area contributed by atoms with Crippen molar-refractivity contribution in [3.63, 3.8) is 0 Å². The molecule has 23 heavy (non-hydrogen) atoms. The summed E-state index contributed by atoms with van der Waals surface area (Å²) in [6.07, 6.45) is 3.03. The van der Waals surface area contributed by atoms with Crippen molar-refractivity contribution >= 4 is 5.96 Å². The van der Waals surface area contributed by atoms with E-state index in [0.29, 0.717) is 11.5 Å². The average molecular weight is 328 g/mol. The highest BCUT2D eigenvalue weighted by atomic mass is 19.4. The van der Waals surface area contributed by atoms with Crippen LogP contribution >= 0.6 is 0 Å². The first-order valence-corrected chi connectivity index (χ1v) is 7.23. The van der Waals surface area contributed by atoms with Crippen molar-refractivity contribution < 1.29 is 17.9 Å². The van der Waals surface area contributed by atoms with Crippen LogP contribution in [-0.4, -0.2) is 36.8 Å². The van der Waals surface area contributed by atoms with E-state index in [1.807, 2.05) is 0 Å². The number of aliphatic imine (C=N–C) groups is 1. The second kappa shape index (κ2) is 7.85. The number of halogens is 3. The molecule has 1 aliphatic carbocycles. The van der Waals surface area contributed by atoms with E-state index < -0.39 is 12.8 Å². The van der Waals surface area contributed by atoms with E-state index in [-0.39, 0.29) is 18.5 Å². The maximum Gasteiger partial charge on any atom is 0.422 e. The number of alkyl halides is 3. The zero-order valence-electron chi connectivity index (χ0n) is 12.7. The molecule has 0 bridgehead atoms. The molecule has 0 fully saturated rings. The minimum atomic E-state index is -4.39. The summed E-state index contributed by atoms with van der Waals surface area (Å²) in [4.78, 5) is 7.96. The van der Waals surface area contributed by atoms with Crippen LogP contribution in [0.15, 0.2) is 35.5 Å².